The van der Waals surface area contributed by atoms with Gasteiger partial charge >= 0.3 is 0 Å². The fourth-order valence-corrected chi connectivity index (χ4v) is 1.09. The third-order valence-electron chi connectivity index (χ3n) is 0.711. The first-order chi connectivity index (χ1) is 3.41. The van der Waals surface area contributed by atoms with Crippen molar-refractivity contribution in [2.45, 2.75) is 19.8 Å². The van der Waals surface area contributed by atoms with Crippen molar-refractivity contribution in [3.63, 3.8) is 0 Å². The molecule has 7 heavy (non-hydrogen) atoms. The minimum atomic E-state index is -0.315. The highest BCUT2D eigenvalue weighted by Gasteiger charge is 1.69. The SMILES string of the molecule is CCC/C=C/[SiH2]Cl. The Labute approximate surface area is 52.1 Å². The fourth-order valence-electron chi connectivity index (χ4n) is 0.348. The van der Waals surface area contributed by atoms with Gasteiger partial charge in [0, 0.05) is 0 Å². The van der Waals surface area contributed by atoms with Crippen LogP contribution >= 0.6 is 11.1 Å². The molecule has 0 amide bonds. The van der Waals surface area contributed by atoms with Gasteiger partial charge in [-0.25, -0.2) is 0 Å². The number of rotatable bonds is 3. The van der Waals surface area contributed by atoms with Crippen LogP contribution in [0.2, 0.25) is 0 Å². The van der Waals surface area contributed by atoms with Gasteiger partial charge in [0.05, 0.1) is 0 Å². The molecule has 0 rings (SSSR count). The molecule has 0 aromatic carbocycles. The van der Waals surface area contributed by atoms with Gasteiger partial charge in [-0.15, -0.1) is 0 Å². The lowest BCUT2D eigenvalue weighted by molar-refractivity contribution is 0.960. The molecule has 0 aliphatic heterocycles. The van der Waals surface area contributed by atoms with Crippen LogP contribution in [0.1, 0.15) is 19.8 Å². The highest BCUT2D eigenvalue weighted by atomic mass is 35.6. The molecule has 0 aromatic rings. The molecule has 0 aromatic heterocycles. The van der Waals surface area contributed by atoms with E-state index in [1.807, 2.05) is 0 Å². The lowest BCUT2D eigenvalue weighted by Gasteiger charge is -1.78. The Morgan fingerprint density at radius 1 is 1.71 bits per heavy atom. The van der Waals surface area contributed by atoms with E-state index in [1.54, 1.807) is 0 Å². The average Bonchev–Trinajstić information content (AvgIpc) is 1.69. The lowest BCUT2D eigenvalue weighted by atomic mass is 10.3. The van der Waals surface area contributed by atoms with E-state index in [4.69, 9.17) is 11.1 Å². The highest BCUT2D eigenvalue weighted by molar-refractivity contribution is 6.96. The van der Waals surface area contributed by atoms with Gasteiger partial charge in [-0.2, -0.15) is 11.1 Å². The molecule has 0 aliphatic carbocycles. The minimum Gasteiger partial charge on any atom is -0.171 e. The van der Waals surface area contributed by atoms with Crippen molar-refractivity contribution in [2.24, 2.45) is 0 Å². The summed E-state index contributed by atoms with van der Waals surface area (Å²) in [7, 11) is -0.315. The summed E-state index contributed by atoms with van der Waals surface area (Å²) in [6, 6.07) is 0. The smallest absolute Gasteiger partial charge is 0.148 e. The first-order valence-corrected chi connectivity index (χ1v) is 5.58. The molecule has 0 saturated heterocycles. The summed E-state index contributed by atoms with van der Waals surface area (Å²) in [5.41, 5.74) is 2.12. The first-order valence-electron chi connectivity index (χ1n) is 2.62. The van der Waals surface area contributed by atoms with E-state index in [9.17, 15) is 0 Å². The van der Waals surface area contributed by atoms with Gasteiger partial charge < -0.3 is 0 Å². The van der Waals surface area contributed by atoms with Gasteiger partial charge in [-0.3, -0.25) is 0 Å². The predicted molar refractivity (Wildman–Crippen MR) is 38.4 cm³/mol. The van der Waals surface area contributed by atoms with Gasteiger partial charge in [0.15, 0.2) is 0 Å². The van der Waals surface area contributed by atoms with Crippen LogP contribution in [-0.2, 0) is 0 Å². The molecule has 0 spiro atoms. The standard InChI is InChI=1S/C5H11ClSi/c1-2-3-4-5-7-6/h4-5H,2-3,7H2,1H3/b5-4+. The second-order valence-corrected chi connectivity index (χ2v) is 3.12. The number of hydrogen-bond donors (Lipinski definition) is 0. The molecule has 0 aliphatic rings. The Bertz CT molecular complexity index is 52.0. The quantitative estimate of drug-likeness (QED) is 0.407. The second-order valence-electron chi connectivity index (χ2n) is 1.41. The Kier molecular flexibility index (Phi) is 6.47. The third kappa shape index (κ3) is 6.25. The van der Waals surface area contributed by atoms with Gasteiger partial charge in [-0.05, 0) is 6.42 Å². The maximum absolute atomic E-state index is 5.49. The topological polar surface area (TPSA) is 0 Å². The molecule has 2 heteroatoms. The Morgan fingerprint density at radius 3 is 2.86 bits per heavy atom. The van der Waals surface area contributed by atoms with Crippen molar-refractivity contribution in [1.29, 1.82) is 0 Å². The summed E-state index contributed by atoms with van der Waals surface area (Å²) in [5.74, 6) is 0. The van der Waals surface area contributed by atoms with E-state index in [2.05, 4.69) is 18.7 Å². The van der Waals surface area contributed by atoms with Crippen molar-refractivity contribution in [3.8, 4) is 0 Å². The molecule has 0 nitrogen and oxygen atoms in total. The third-order valence-corrected chi connectivity index (χ3v) is 1.76. The molecule has 0 saturated carbocycles. The molecule has 42 valence electrons. The van der Waals surface area contributed by atoms with E-state index < -0.39 is 0 Å². The maximum Gasteiger partial charge on any atom is 0.148 e. The molecular weight excluding hydrogens is 124 g/mol. The van der Waals surface area contributed by atoms with Crippen LogP contribution < -0.4 is 0 Å². The average molecular weight is 135 g/mol. The molecule has 0 fully saturated rings. The van der Waals surface area contributed by atoms with Crippen LogP contribution in [0, 0.1) is 0 Å². The van der Waals surface area contributed by atoms with Gasteiger partial charge in [0.25, 0.3) is 0 Å². The van der Waals surface area contributed by atoms with Crippen LogP contribution in [0.3, 0.4) is 0 Å². The summed E-state index contributed by atoms with van der Waals surface area (Å²) in [6.07, 6.45) is 4.60. The van der Waals surface area contributed by atoms with E-state index in [0.717, 1.165) is 0 Å². The second kappa shape index (κ2) is 6.25. The Hall–Kier alpha value is 0.247. The predicted octanol–water partition coefficient (Wildman–Crippen LogP) is 1.62. The molecule has 0 N–H and O–H groups in total. The molecule has 0 heterocycles. The number of unbranched alkanes of at least 4 members (excludes halogenated alkanes) is 1. The summed E-state index contributed by atoms with van der Waals surface area (Å²) >= 11 is 5.49. The molecule has 0 unspecified atom stereocenters. The maximum atomic E-state index is 5.49. The summed E-state index contributed by atoms with van der Waals surface area (Å²) < 4.78 is 0. The zero-order valence-electron chi connectivity index (χ0n) is 4.65. The van der Waals surface area contributed by atoms with E-state index in [1.165, 1.54) is 12.8 Å². The summed E-state index contributed by atoms with van der Waals surface area (Å²) in [6.45, 7) is 2.17. The summed E-state index contributed by atoms with van der Waals surface area (Å²) in [5, 5.41) is 0. The van der Waals surface area contributed by atoms with Gasteiger partial charge in [0.2, 0.25) is 0 Å². The number of hydrogen-bond acceptors (Lipinski definition) is 0. The molecular formula is C5H11ClSi. The van der Waals surface area contributed by atoms with Gasteiger partial charge in [0.1, 0.15) is 8.83 Å². The van der Waals surface area contributed by atoms with Crippen molar-refractivity contribution < 1.29 is 0 Å². The number of halogens is 1. The molecule has 0 bridgehead atoms. The van der Waals surface area contributed by atoms with Crippen LogP contribution in [0.4, 0.5) is 0 Å². The van der Waals surface area contributed by atoms with Crippen LogP contribution in [0.15, 0.2) is 11.8 Å². The zero-order valence-corrected chi connectivity index (χ0v) is 6.82. The van der Waals surface area contributed by atoms with E-state index in [-0.39, 0.29) is 8.83 Å². The Balaban J connectivity index is 2.78. The minimum absolute atomic E-state index is 0.315. The Morgan fingerprint density at radius 2 is 2.43 bits per heavy atom. The van der Waals surface area contributed by atoms with Crippen molar-refractivity contribution in [2.75, 3.05) is 0 Å². The van der Waals surface area contributed by atoms with E-state index >= 15 is 0 Å². The summed E-state index contributed by atoms with van der Waals surface area (Å²) in [4.78, 5) is 0. The van der Waals surface area contributed by atoms with Crippen LogP contribution in [0.25, 0.3) is 0 Å². The first kappa shape index (κ1) is 7.25. The van der Waals surface area contributed by atoms with Gasteiger partial charge in [-0.1, -0.05) is 25.1 Å². The van der Waals surface area contributed by atoms with Crippen molar-refractivity contribution in [3.05, 3.63) is 11.8 Å². The zero-order chi connectivity index (χ0) is 5.54. The monoisotopic (exact) mass is 134 g/mol. The van der Waals surface area contributed by atoms with Crippen molar-refractivity contribution in [1.82, 2.24) is 0 Å². The largest absolute Gasteiger partial charge is 0.171 e. The van der Waals surface area contributed by atoms with Crippen molar-refractivity contribution >= 4 is 19.9 Å². The van der Waals surface area contributed by atoms with E-state index in [0.29, 0.717) is 0 Å². The van der Waals surface area contributed by atoms with Crippen LogP contribution in [0.5, 0.6) is 0 Å². The number of allylic oxidation sites excluding steroid dienone is 1. The molecule has 0 radical (unpaired) electrons. The van der Waals surface area contributed by atoms with Crippen LogP contribution in [-0.4, -0.2) is 8.83 Å². The normalized spacial score (nSPS) is 12.3. The fraction of sp³-hybridized carbons (Fsp3) is 0.600. The lowest BCUT2D eigenvalue weighted by Crippen LogP contribution is -1.65. The highest BCUT2D eigenvalue weighted by Crippen LogP contribution is 1.86. The molecule has 0 atom stereocenters.